The van der Waals surface area contributed by atoms with Crippen molar-refractivity contribution < 1.29 is 19.2 Å². The van der Waals surface area contributed by atoms with Crippen molar-refractivity contribution in [1.29, 1.82) is 0 Å². The number of carbonyl (C=O) groups is 2. The number of nitrogens with one attached hydrogen (secondary N) is 2. The normalized spacial score (nSPS) is 10.6. The highest BCUT2D eigenvalue weighted by Crippen LogP contribution is 2.27. The summed E-state index contributed by atoms with van der Waals surface area (Å²) in [4.78, 5) is 39.1. The van der Waals surface area contributed by atoms with Gasteiger partial charge in [0.15, 0.2) is 5.75 Å². The molecule has 0 bridgehead atoms. The van der Waals surface area contributed by atoms with Gasteiger partial charge in [0.25, 0.3) is 5.91 Å². The molecule has 0 spiro atoms. The van der Waals surface area contributed by atoms with Gasteiger partial charge in [-0.25, -0.2) is 4.98 Å². The number of methoxy groups -OCH3 is 1. The van der Waals surface area contributed by atoms with Crippen molar-refractivity contribution in [3.8, 4) is 5.75 Å². The van der Waals surface area contributed by atoms with Crippen molar-refractivity contribution in [2.24, 2.45) is 7.05 Å². The van der Waals surface area contributed by atoms with Crippen molar-refractivity contribution in [1.82, 2.24) is 20.2 Å². The first-order chi connectivity index (χ1) is 13.9. The largest absolute Gasteiger partial charge is 0.490 e. The molecule has 1 heterocycles. The minimum atomic E-state index is -0.640. The lowest BCUT2D eigenvalue weighted by Crippen LogP contribution is -2.37. The fourth-order valence-corrected chi connectivity index (χ4v) is 2.83. The maximum absolute atomic E-state index is 12.2. The zero-order chi connectivity index (χ0) is 21.0. The van der Waals surface area contributed by atoms with Crippen LogP contribution in [0.25, 0.3) is 11.0 Å². The van der Waals surface area contributed by atoms with Gasteiger partial charge in [0.1, 0.15) is 5.82 Å². The van der Waals surface area contributed by atoms with Gasteiger partial charge in [-0.1, -0.05) is 12.1 Å². The number of rotatable bonds is 7. The fraction of sp³-hybridized carbons (Fsp3) is 0.211. The lowest BCUT2D eigenvalue weighted by molar-refractivity contribution is -0.385. The molecule has 3 aromatic rings. The fourth-order valence-electron chi connectivity index (χ4n) is 2.83. The summed E-state index contributed by atoms with van der Waals surface area (Å²) in [5.41, 5.74) is 1.51. The summed E-state index contributed by atoms with van der Waals surface area (Å²) < 4.78 is 6.78. The number of hydrogen-bond acceptors (Lipinski definition) is 6. The topological polar surface area (TPSA) is 128 Å². The first-order valence-corrected chi connectivity index (χ1v) is 8.68. The van der Waals surface area contributed by atoms with Gasteiger partial charge in [0, 0.05) is 18.7 Å². The first-order valence-electron chi connectivity index (χ1n) is 8.68. The second-order valence-electron chi connectivity index (χ2n) is 6.18. The summed E-state index contributed by atoms with van der Waals surface area (Å²) >= 11 is 0. The van der Waals surface area contributed by atoms with E-state index in [4.69, 9.17) is 4.74 Å². The molecule has 0 radical (unpaired) electrons. The van der Waals surface area contributed by atoms with Gasteiger partial charge in [-0.3, -0.25) is 19.7 Å². The zero-order valence-corrected chi connectivity index (χ0v) is 15.8. The molecule has 0 atom stereocenters. The van der Waals surface area contributed by atoms with Crippen LogP contribution >= 0.6 is 0 Å². The molecule has 0 saturated carbocycles. The number of nitro groups is 1. The number of imidazole rings is 1. The van der Waals surface area contributed by atoms with E-state index < -0.39 is 16.7 Å². The van der Waals surface area contributed by atoms with E-state index in [0.29, 0.717) is 5.82 Å². The average molecular weight is 397 g/mol. The van der Waals surface area contributed by atoms with Crippen LogP contribution in [0.1, 0.15) is 16.2 Å². The minimum absolute atomic E-state index is 0.0479. The zero-order valence-electron chi connectivity index (χ0n) is 15.8. The number of para-hydroxylation sites is 2. The second-order valence-corrected chi connectivity index (χ2v) is 6.18. The third kappa shape index (κ3) is 4.32. The Morgan fingerprint density at radius 3 is 2.66 bits per heavy atom. The maximum atomic E-state index is 12.2. The van der Waals surface area contributed by atoms with Crippen LogP contribution in [0.15, 0.2) is 42.5 Å². The van der Waals surface area contributed by atoms with Crippen LogP contribution in [0.3, 0.4) is 0 Å². The molecule has 10 heteroatoms. The molecule has 2 amide bonds. The van der Waals surface area contributed by atoms with Crippen LogP contribution in [0, 0.1) is 10.1 Å². The molecular formula is C19H19N5O5. The number of hydrogen-bond donors (Lipinski definition) is 2. The van der Waals surface area contributed by atoms with E-state index in [1.807, 2.05) is 35.9 Å². The van der Waals surface area contributed by atoms with Crippen molar-refractivity contribution >= 4 is 28.5 Å². The molecule has 2 aromatic carbocycles. The molecule has 10 nitrogen and oxygen atoms in total. The number of aromatic nitrogens is 2. The van der Waals surface area contributed by atoms with Crippen molar-refractivity contribution in [3.05, 3.63) is 64.0 Å². The molecule has 2 N–H and O–H groups in total. The predicted octanol–water partition coefficient (Wildman–Crippen LogP) is 1.54. The molecule has 29 heavy (non-hydrogen) atoms. The lowest BCUT2D eigenvalue weighted by atomic mass is 10.1. The number of ether oxygens (including phenoxy) is 1. The summed E-state index contributed by atoms with van der Waals surface area (Å²) in [5.74, 6) is -0.287. The van der Waals surface area contributed by atoms with Crippen LogP contribution in [0.4, 0.5) is 5.69 Å². The van der Waals surface area contributed by atoms with Gasteiger partial charge in [-0.15, -0.1) is 0 Å². The Balaban J connectivity index is 1.57. The number of nitrogens with zero attached hydrogens (tertiary/aromatic N) is 3. The summed E-state index contributed by atoms with van der Waals surface area (Å²) in [5, 5.41) is 16.2. The van der Waals surface area contributed by atoms with Gasteiger partial charge >= 0.3 is 5.69 Å². The smallest absolute Gasteiger partial charge is 0.311 e. The first kappa shape index (κ1) is 19.8. The Kier molecular flexibility index (Phi) is 5.72. The number of nitro benzene ring substituents is 1. The van der Waals surface area contributed by atoms with Crippen LogP contribution in [-0.2, 0) is 18.4 Å². The Labute approximate surface area is 165 Å². The SMILES string of the molecule is COc1ccc(C(=O)NCC(=O)NCc2nc3ccccc3n2C)cc1[N+](=O)[O-]. The highest BCUT2D eigenvalue weighted by Gasteiger charge is 2.18. The lowest BCUT2D eigenvalue weighted by Gasteiger charge is -2.08. The van der Waals surface area contributed by atoms with Gasteiger partial charge in [-0.05, 0) is 24.3 Å². The second kappa shape index (κ2) is 8.38. The standard InChI is InChI=1S/C19H19N5O5/c1-23-14-6-4-3-5-13(14)22-17(23)10-20-18(25)11-21-19(26)12-7-8-16(29-2)15(9-12)24(27)28/h3-9H,10-11H2,1-2H3,(H,20,25)(H,21,26). The molecular weight excluding hydrogens is 378 g/mol. The van der Waals surface area contributed by atoms with E-state index in [1.165, 1.54) is 19.2 Å². The van der Waals surface area contributed by atoms with Crippen molar-refractivity contribution in [2.45, 2.75) is 6.54 Å². The van der Waals surface area contributed by atoms with Gasteiger partial charge in [0.05, 0.1) is 36.2 Å². The van der Waals surface area contributed by atoms with Gasteiger partial charge < -0.3 is 19.9 Å². The Bertz CT molecular complexity index is 1090. The molecule has 1 aromatic heterocycles. The molecule has 0 aliphatic rings. The van der Waals surface area contributed by atoms with Crippen LogP contribution < -0.4 is 15.4 Å². The highest BCUT2D eigenvalue weighted by atomic mass is 16.6. The van der Waals surface area contributed by atoms with Crippen LogP contribution in [0.5, 0.6) is 5.75 Å². The Morgan fingerprint density at radius 2 is 1.97 bits per heavy atom. The molecule has 0 aliphatic carbocycles. The number of carbonyl (C=O) groups excluding carboxylic acids is 2. The highest BCUT2D eigenvalue weighted by molar-refractivity contribution is 5.97. The monoisotopic (exact) mass is 397 g/mol. The van der Waals surface area contributed by atoms with Crippen molar-refractivity contribution in [2.75, 3.05) is 13.7 Å². The maximum Gasteiger partial charge on any atom is 0.311 e. The van der Waals surface area contributed by atoms with E-state index in [9.17, 15) is 19.7 Å². The number of aryl methyl sites for hydroxylation is 1. The van der Waals surface area contributed by atoms with Crippen LogP contribution in [0.2, 0.25) is 0 Å². The van der Waals surface area contributed by atoms with Crippen LogP contribution in [-0.4, -0.2) is 39.9 Å². The minimum Gasteiger partial charge on any atom is -0.490 e. The Hall–Kier alpha value is -3.95. The summed E-state index contributed by atoms with van der Waals surface area (Å²) in [7, 11) is 3.16. The van der Waals surface area contributed by atoms with Crippen molar-refractivity contribution in [3.63, 3.8) is 0 Å². The Morgan fingerprint density at radius 1 is 1.21 bits per heavy atom. The van der Waals surface area contributed by atoms with E-state index >= 15 is 0 Å². The molecule has 0 saturated heterocycles. The molecule has 0 unspecified atom stereocenters. The quantitative estimate of drug-likeness (QED) is 0.460. The third-order valence-corrected chi connectivity index (χ3v) is 4.37. The van der Waals surface area contributed by atoms with E-state index in [0.717, 1.165) is 17.1 Å². The van der Waals surface area contributed by atoms with E-state index in [1.54, 1.807) is 0 Å². The number of amides is 2. The molecule has 0 aliphatic heterocycles. The van der Waals surface area contributed by atoms with E-state index in [2.05, 4.69) is 15.6 Å². The summed E-state index contributed by atoms with van der Waals surface area (Å²) in [6.45, 7) is -0.0729. The molecule has 0 fully saturated rings. The summed E-state index contributed by atoms with van der Waals surface area (Å²) in [6.07, 6.45) is 0. The van der Waals surface area contributed by atoms with Gasteiger partial charge in [0.2, 0.25) is 5.91 Å². The average Bonchev–Trinajstić information content (AvgIpc) is 3.05. The molecule has 3 rings (SSSR count). The van der Waals surface area contributed by atoms with Gasteiger partial charge in [-0.2, -0.15) is 0 Å². The van der Waals surface area contributed by atoms with E-state index in [-0.39, 0.29) is 30.1 Å². The summed E-state index contributed by atoms with van der Waals surface area (Å²) in [6, 6.07) is 11.4. The number of benzene rings is 2. The number of fused-ring (bicyclic) bond motifs is 1. The third-order valence-electron chi connectivity index (χ3n) is 4.37. The molecule has 150 valence electrons. The predicted molar refractivity (Wildman–Crippen MR) is 105 cm³/mol.